The number of aryl methyl sites for hydroxylation is 1. The molecule has 0 saturated heterocycles. The molecule has 0 atom stereocenters. The first-order chi connectivity index (χ1) is 6.13. The molecule has 0 fully saturated rings. The third kappa shape index (κ3) is 2.58. The lowest BCUT2D eigenvalue weighted by Crippen LogP contribution is -1.94. The predicted octanol–water partition coefficient (Wildman–Crippen LogP) is 2.26. The molecular weight excluding hydrogens is 162 g/mol. The molecule has 1 aromatic heterocycles. The molecule has 0 radical (unpaired) electrons. The lowest BCUT2D eigenvalue weighted by molar-refractivity contribution is -0.105. The number of carbonyl (C=O) groups excluding carboxylic acids is 1. The van der Waals surface area contributed by atoms with Crippen molar-refractivity contribution in [2.45, 2.75) is 13.8 Å². The first kappa shape index (κ1) is 9.78. The van der Waals surface area contributed by atoms with Crippen molar-refractivity contribution in [2.24, 2.45) is 13.0 Å². The molecule has 0 bridgehead atoms. The molecule has 0 aliphatic heterocycles. The van der Waals surface area contributed by atoms with Gasteiger partial charge in [0.05, 0.1) is 0 Å². The van der Waals surface area contributed by atoms with Crippen LogP contribution in [-0.2, 0) is 11.8 Å². The normalized spacial score (nSPS) is 12.2. The van der Waals surface area contributed by atoms with E-state index in [4.69, 9.17) is 0 Å². The Kier molecular flexibility index (Phi) is 3.07. The molecule has 0 aliphatic rings. The van der Waals surface area contributed by atoms with Gasteiger partial charge in [-0.15, -0.1) is 0 Å². The molecule has 2 nitrogen and oxygen atoms in total. The first-order valence-electron chi connectivity index (χ1n) is 4.42. The predicted molar refractivity (Wildman–Crippen MR) is 54.3 cm³/mol. The molecule has 1 heterocycles. The van der Waals surface area contributed by atoms with Gasteiger partial charge in [0.2, 0.25) is 0 Å². The van der Waals surface area contributed by atoms with Crippen LogP contribution >= 0.6 is 0 Å². The second-order valence-electron chi connectivity index (χ2n) is 3.53. The van der Waals surface area contributed by atoms with Crippen LogP contribution in [0.4, 0.5) is 0 Å². The highest BCUT2D eigenvalue weighted by molar-refractivity contribution is 5.82. The second-order valence-corrected chi connectivity index (χ2v) is 3.53. The van der Waals surface area contributed by atoms with Crippen molar-refractivity contribution in [1.29, 1.82) is 0 Å². The van der Waals surface area contributed by atoms with Crippen molar-refractivity contribution in [3.8, 4) is 0 Å². The molecule has 70 valence electrons. The van der Waals surface area contributed by atoms with Gasteiger partial charge < -0.3 is 4.57 Å². The largest absolute Gasteiger partial charge is 0.357 e. The van der Waals surface area contributed by atoms with E-state index in [2.05, 4.69) is 0 Å². The summed E-state index contributed by atoms with van der Waals surface area (Å²) >= 11 is 0. The Labute approximate surface area is 78.9 Å². The second kappa shape index (κ2) is 4.08. The van der Waals surface area contributed by atoms with Gasteiger partial charge >= 0.3 is 0 Å². The van der Waals surface area contributed by atoms with Crippen molar-refractivity contribution >= 4 is 12.4 Å². The molecular formula is C11H15NO. The van der Waals surface area contributed by atoms with Crippen LogP contribution in [0.1, 0.15) is 19.4 Å². The lowest BCUT2D eigenvalue weighted by Gasteiger charge is -2.01. The van der Waals surface area contributed by atoms with E-state index >= 15 is 0 Å². The third-order valence-corrected chi connectivity index (χ3v) is 1.99. The van der Waals surface area contributed by atoms with Crippen LogP contribution in [0.15, 0.2) is 24.0 Å². The zero-order valence-corrected chi connectivity index (χ0v) is 8.32. The van der Waals surface area contributed by atoms with Crippen LogP contribution in [0.5, 0.6) is 0 Å². The van der Waals surface area contributed by atoms with Crippen molar-refractivity contribution in [3.63, 3.8) is 0 Å². The molecule has 1 aromatic rings. The average molecular weight is 177 g/mol. The Balaban J connectivity index is 2.91. The van der Waals surface area contributed by atoms with E-state index in [0.29, 0.717) is 0 Å². The number of aldehydes is 1. The molecule has 0 aliphatic carbocycles. The number of hydrogen-bond donors (Lipinski definition) is 0. The number of carbonyl (C=O) groups is 1. The van der Waals surface area contributed by atoms with Crippen LogP contribution in [0.25, 0.3) is 6.08 Å². The van der Waals surface area contributed by atoms with Crippen LogP contribution in [-0.4, -0.2) is 10.9 Å². The summed E-state index contributed by atoms with van der Waals surface area (Å²) in [6.07, 6.45) is 6.82. The fourth-order valence-electron chi connectivity index (χ4n) is 1.14. The smallest absolute Gasteiger partial charge is 0.146 e. The average Bonchev–Trinajstić information content (AvgIpc) is 2.46. The summed E-state index contributed by atoms with van der Waals surface area (Å²) in [6, 6.07) is 1.99. The lowest BCUT2D eigenvalue weighted by atomic mass is 10.0. The number of aromatic nitrogens is 1. The molecule has 1 rings (SSSR count). The van der Waals surface area contributed by atoms with Crippen molar-refractivity contribution in [1.82, 2.24) is 4.57 Å². The molecule has 0 unspecified atom stereocenters. The van der Waals surface area contributed by atoms with Gasteiger partial charge in [-0.3, -0.25) is 4.79 Å². The highest BCUT2D eigenvalue weighted by Crippen LogP contribution is 2.12. The maximum atomic E-state index is 10.7. The molecule has 0 saturated carbocycles. The van der Waals surface area contributed by atoms with Crippen molar-refractivity contribution < 1.29 is 4.79 Å². The zero-order valence-electron chi connectivity index (χ0n) is 8.32. The number of rotatable bonds is 3. The van der Waals surface area contributed by atoms with Crippen LogP contribution < -0.4 is 0 Å². The summed E-state index contributed by atoms with van der Waals surface area (Å²) < 4.78 is 1.97. The highest BCUT2D eigenvalue weighted by atomic mass is 16.1. The molecule has 0 spiro atoms. The highest BCUT2D eigenvalue weighted by Gasteiger charge is 2.01. The van der Waals surface area contributed by atoms with Gasteiger partial charge in [0, 0.05) is 19.4 Å². The van der Waals surface area contributed by atoms with E-state index in [9.17, 15) is 4.79 Å². The van der Waals surface area contributed by atoms with Crippen LogP contribution in [0, 0.1) is 5.92 Å². The Morgan fingerprint density at radius 3 is 2.62 bits per heavy atom. The van der Waals surface area contributed by atoms with Crippen LogP contribution in [0.2, 0.25) is 0 Å². The summed E-state index contributed by atoms with van der Waals surface area (Å²) in [6.45, 7) is 4.03. The summed E-state index contributed by atoms with van der Waals surface area (Å²) in [7, 11) is 1.97. The minimum absolute atomic E-state index is 0.290. The summed E-state index contributed by atoms with van der Waals surface area (Å²) in [5.41, 5.74) is 1.92. The topological polar surface area (TPSA) is 22.0 Å². The van der Waals surface area contributed by atoms with Gasteiger partial charge in [-0.2, -0.15) is 0 Å². The molecule has 13 heavy (non-hydrogen) atoms. The number of allylic oxidation sites excluding steroid dienone is 1. The van der Waals surface area contributed by atoms with Gasteiger partial charge in [-0.1, -0.05) is 13.8 Å². The minimum atomic E-state index is 0.290. The maximum absolute atomic E-state index is 10.7. The van der Waals surface area contributed by atoms with Crippen LogP contribution in [0.3, 0.4) is 0 Å². The SMILES string of the molecule is CC(C)C(C=O)=Cc1ccn(C)c1. The molecule has 0 amide bonds. The number of nitrogens with zero attached hydrogens (tertiary/aromatic N) is 1. The van der Waals surface area contributed by atoms with E-state index in [1.165, 1.54) is 0 Å². The van der Waals surface area contributed by atoms with E-state index in [1.54, 1.807) is 0 Å². The van der Waals surface area contributed by atoms with E-state index in [0.717, 1.165) is 17.4 Å². The van der Waals surface area contributed by atoms with E-state index < -0.39 is 0 Å². The minimum Gasteiger partial charge on any atom is -0.357 e. The summed E-state index contributed by atoms with van der Waals surface area (Å²) in [5, 5.41) is 0. The Morgan fingerprint density at radius 2 is 2.23 bits per heavy atom. The Morgan fingerprint density at radius 1 is 1.54 bits per heavy atom. The summed E-state index contributed by atoms with van der Waals surface area (Å²) in [5.74, 6) is 0.290. The van der Waals surface area contributed by atoms with E-state index in [1.807, 2.05) is 50.0 Å². The zero-order chi connectivity index (χ0) is 9.84. The fraction of sp³-hybridized carbons (Fsp3) is 0.364. The van der Waals surface area contributed by atoms with Crippen molar-refractivity contribution in [2.75, 3.05) is 0 Å². The van der Waals surface area contributed by atoms with Crippen molar-refractivity contribution in [3.05, 3.63) is 29.6 Å². The Hall–Kier alpha value is -1.31. The van der Waals surface area contributed by atoms with Gasteiger partial charge in [0.15, 0.2) is 0 Å². The standard InChI is InChI=1S/C11H15NO/c1-9(2)11(8-13)6-10-4-5-12(3)7-10/h4-9H,1-3H3. The van der Waals surface area contributed by atoms with E-state index in [-0.39, 0.29) is 5.92 Å². The van der Waals surface area contributed by atoms with Gasteiger partial charge in [0.1, 0.15) is 6.29 Å². The number of hydrogen-bond acceptors (Lipinski definition) is 1. The van der Waals surface area contributed by atoms with Gasteiger partial charge in [-0.25, -0.2) is 0 Å². The van der Waals surface area contributed by atoms with Gasteiger partial charge in [0.25, 0.3) is 0 Å². The first-order valence-corrected chi connectivity index (χ1v) is 4.42. The molecule has 0 aromatic carbocycles. The molecule has 0 N–H and O–H groups in total. The molecule has 2 heteroatoms. The quantitative estimate of drug-likeness (QED) is 0.512. The Bertz CT molecular complexity index is 321. The van der Waals surface area contributed by atoms with Gasteiger partial charge in [-0.05, 0) is 29.2 Å². The summed E-state index contributed by atoms with van der Waals surface area (Å²) in [4.78, 5) is 10.7. The fourth-order valence-corrected chi connectivity index (χ4v) is 1.14. The third-order valence-electron chi connectivity index (χ3n) is 1.99. The maximum Gasteiger partial charge on any atom is 0.146 e. The monoisotopic (exact) mass is 177 g/mol.